The van der Waals surface area contributed by atoms with Crippen molar-refractivity contribution in [3.63, 3.8) is 0 Å². The minimum Gasteiger partial charge on any atom is -0.493 e. The summed E-state index contributed by atoms with van der Waals surface area (Å²) in [4.78, 5) is 11.6. The average molecular weight is 305 g/mol. The Bertz CT molecular complexity index is 639. The van der Waals surface area contributed by atoms with Gasteiger partial charge in [-0.3, -0.25) is 4.79 Å². The Hall–Kier alpha value is -2.54. The molecular weight excluding hydrogens is 286 g/mol. The molecule has 0 radical (unpaired) electrons. The Morgan fingerprint density at radius 1 is 1.23 bits per heavy atom. The van der Waals surface area contributed by atoms with Crippen molar-refractivity contribution < 1.29 is 19.0 Å². The van der Waals surface area contributed by atoms with E-state index < -0.39 is 0 Å². The molecule has 7 nitrogen and oxygen atoms in total. The van der Waals surface area contributed by atoms with Crippen LogP contribution in [0.15, 0.2) is 30.5 Å². The lowest BCUT2D eigenvalue weighted by molar-refractivity contribution is -0.119. The summed E-state index contributed by atoms with van der Waals surface area (Å²) in [6.45, 7) is 0.434. The highest BCUT2D eigenvalue weighted by Gasteiger charge is 2.13. The zero-order chi connectivity index (χ0) is 15.9. The molecule has 0 atom stereocenters. The van der Waals surface area contributed by atoms with Crippen LogP contribution in [-0.4, -0.2) is 43.6 Å². The molecule has 0 saturated carbocycles. The maximum absolute atomic E-state index is 11.6. The summed E-state index contributed by atoms with van der Waals surface area (Å²) in [5, 5.41) is 6.96. The van der Waals surface area contributed by atoms with Crippen LogP contribution < -0.4 is 14.8 Å². The zero-order valence-corrected chi connectivity index (χ0v) is 12.8. The minimum atomic E-state index is -0.234. The van der Waals surface area contributed by atoms with Crippen molar-refractivity contribution in [2.24, 2.45) is 0 Å². The monoisotopic (exact) mass is 305 g/mol. The number of rotatable bonds is 7. The van der Waals surface area contributed by atoms with E-state index >= 15 is 0 Å². The molecule has 1 amide bonds. The first-order chi connectivity index (χ1) is 10.7. The molecule has 0 saturated heterocycles. The predicted octanol–water partition coefficient (Wildman–Crippen LogP) is 1.53. The lowest BCUT2D eigenvalue weighted by Gasteiger charge is -2.14. The second kappa shape index (κ2) is 7.46. The third kappa shape index (κ3) is 3.56. The van der Waals surface area contributed by atoms with Crippen LogP contribution in [0.2, 0.25) is 0 Å². The molecule has 0 aliphatic carbocycles. The van der Waals surface area contributed by atoms with E-state index in [1.165, 1.54) is 7.11 Å². The van der Waals surface area contributed by atoms with Crippen LogP contribution in [0.4, 0.5) is 5.82 Å². The number of ether oxygens (including phenoxy) is 3. The Morgan fingerprint density at radius 3 is 2.73 bits per heavy atom. The van der Waals surface area contributed by atoms with Crippen LogP contribution in [0.3, 0.4) is 0 Å². The van der Waals surface area contributed by atoms with Gasteiger partial charge in [-0.2, -0.15) is 5.10 Å². The Kier molecular flexibility index (Phi) is 5.37. The summed E-state index contributed by atoms with van der Waals surface area (Å²) in [5.74, 6) is 1.65. The molecule has 1 heterocycles. The number of carbonyl (C=O) groups is 1. The number of nitrogens with one attached hydrogen (secondary N) is 1. The molecule has 1 aromatic heterocycles. The lowest BCUT2D eigenvalue weighted by Crippen LogP contribution is -2.20. The zero-order valence-electron chi connectivity index (χ0n) is 12.8. The number of aromatic nitrogens is 2. The molecule has 2 rings (SSSR count). The quantitative estimate of drug-likeness (QED) is 0.839. The number of anilines is 1. The highest BCUT2D eigenvalue weighted by molar-refractivity contribution is 5.90. The van der Waals surface area contributed by atoms with Gasteiger partial charge >= 0.3 is 0 Å². The summed E-state index contributed by atoms with van der Waals surface area (Å²) < 4.78 is 17.2. The van der Waals surface area contributed by atoms with Crippen molar-refractivity contribution in [2.75, 3.05) is 33.3 Å². The van der Waals surface area contributed by atoms with Gasteiger partial charge in [0.05, 0.1) is 27.0 Å². The molecular formula is C15H19N3O4. The number of hydrogen-bond acceptors (Lipinski definition) is 5. The van der Waals surface area contributed by atoms with E-state index in [4.69, 9.17) is 14.2 Å². The lowest BCUT2D eigenvalue weighted by atomic mass is 10.2. The summed E-state index contributed by atoms with van der Waals surface area (Å²) >= 11 is 0. The van der Waals surface area contributed by atoms with Gasteiger partial charge in [0.25, 0.3) is 5.91 Å². The molecule has 7 heteroatoms. The average Bonchev–Trinajstić information content (AvgIpc) is 2.94. The number of nitrogens with zero attached hydrogens (tertiary/aromatic N) is 2. The molecule has 1 aromatic carbocycles. The first-order valence-corrected chi connectivity index (χ1v) is 6.70. The Morgan fingerprint density at radius 2 is 2.05 bits per heavy atom. The fourth-order valence-electron chi connectivity index (χ4n) is 2.11. The van der Waals surface area contributed by atoms with Gasteiger partial charge in [-0.15, -0.1) is 0 Å². The highest BCUT2D eigenvalue weighted by Crippen LogP contribution is 2.31. The van der Waals surface area contributed by atoms with Gasteiger partial charge in [0.15, 0.2) is 11.5 Å². The van der Waals surface area contributed by atoms with Gasteiger partial charge < -0.3 is 19.5 Å². The first-order valence-electron chi connectivity index (χ1n) is 6.70. The van der Waals surface area contributed by atoms with Crippen molar-refractivity contribution in [3.05, 3.63) is 36.0 Å². The van der Waals surface area contributed by atoms with Crippen molar-refractivity contribution in [3.8, 4) is 11.5 Å². The molecule has 1 N–H and O–H groups in total. The maximum atomic E-state index is 11.6. The van der Waals surface area contributed by atoms with E-state index in [1.807, 2.05) is 18.2 Å². The maximum Gasteiger partial charge on any atom is 0.251 e. The van der Waals surface area contributed by atoms with Gasteiger partial charge in [-0.25, -0.2) is 4.68 Å². The second-order valence-corrected chi connectivity index (χ2v) is 4.51. The molecule has 2 aromatic rings. The van der Waals surface area contributed by atoms with E-state index in [0.29, 0.717) is 23.9 Å². The second-order valence-electron chi connectivity index (χ2n) is 4.51. The van der Waals surface area contributed by atoms with Crippen molar-refractivity contribution in [1.82, 2.24) is 9.78 Å². The van der Waals surface area contributed by atoms with Crippen LogP contribution in [-0.2, 0) is 16.1 Å². The fraction of sp³-hybridized carbons (Fsp3) is 0.333. The summed E-state index contributed by atoms with van der Waals surface area (Å²) in [7, 11) is 4.65. The summed E-state index contributed by atoms with van der Waals surface area (Å²) in [6.07, 6.45) is 1.62. The molecule has 22 heavy (non-hydrogen) atoms. The van der Waals surface area contributed by atoms with Gasteiger partial charge in [0.2, 0.25) is 0 Å². The number of carbonyl (C=O) groups excluding carboxylic acids is 1. The number of amides is 1. The predicted molar refractivity (Wildman–Crippen MR) is 81.4 cm³/mol. The third-order valence-electron chi connectivity index (χ3n) is 3.06. The van der Waals surface area contributed by atoms with Crippen LogP contribution >= 0.6 is 0 Å². The van der Waals surface area contributed by atoms with Crippen molar-refractivity contribution in [1.29, 1.82) is 0 Å². The topological polar surface area (TPSA) is 74.6 Å². The van der Waals surface area contributed by atoms with Gasteiger partial charge in [0.1, 0.15) is 12.4 Å². The summed E-state index contributed by atoms with van der Waals surface area (Å²) in [6, 6.07) is 7.35. The Labute approximate surface area is 128 Å². The normalized spacial score (nSPS) is 10.3. The van der Waals surface area contributed by atoms with E-state index in [1.54, 1.807) is 31.2 Å². The number of para-hydroxylation sites is 1. The SMILES string of the molecule is COCC(=O)Nc1ccnn1Cc1cccc(OC)c1OC. The summed E-state index contributed by atoms with van der Waals surface area (Å²) in [5.41, 5.74) is 0.896. The molecule has 0 aliphatic heterocycles. The van der Waals surface area contributed by atoms with Crippen LogP contribution in [0.25, 0.3) is 0 Å². The van der Waals surface area contributed by atoms with E-state index in [0.717, 1.165) is 5.56 Å². The van der Waals surface area contributed by atoms with Crippen LogP contribution in [0, 0.1) is 0 Å². The van der Waals surface area contributed by atoms with E-state index in [2.05, 4.69) is 10.4 Å². The number of benzene rings is 1. The van der Waals surface area contributed by atoms with E-state index in [-0.39, 0.29) is 12.5 Å². The van der Waals surface area contributed by atoms with Crippen molar-refractivity contribution in [2.45, 2.75) is 6.54 Å². The van der Waals surface area contributed by atoms with Gasteiger partial charge in [-0.1, -0.05) is 12.1 Å². The molecule has 0 spiro atoms. The first kappa shape index (κ1) is 15.8. The Balaban J connectivity index is 2.22. The third-order valence-corrected chi connectivity index (χ3v) is 3.06. The highest BCUT2D eigenvalue weighted by atomic mass is 16.5. The number of methoxy groups -OCH3 is 3. The van der Waals surface area contributed by atoms with Crippen LogP contribution in [0.5, 0.6) is 11.5 Å². The standard InChI is InChI=1S/C15H19N3O4/c1-20-10-14(19)17-13-7-8-16-18(13)9-11-5-4-6-12(21-2)15(11)22-3/h4-8H,9-10H2,1-3H3,(H,17,19). The molecule has 0 fully saturated rings. The fourth-order valence-corrected chi connectivity index (χ4v) is 2.11. The smallest absolute Gasteiger partial charge is 0.251 e. The largest absolute Gasteiger partial charge is 0.493 e. The molecule has 118 valence electrons. The minimum absolute atomic E-state index is 0.00629. The number of hydrogen-bond donors (Lipinski definition) is 1. The molecule has 0 bridgehead atoms. The van der Waals surface area contributed by atoms with Gasteiger partial charge in [0, 0.05) is 18.7 Å². The van der Waals surface area contributed by atoms with Crippen molar-refractivity contribution >= 4 is 11.7 Å². The van der Waals surface area contributed by atoms with Gasteiger partial charge in [-0.05, 0) is 6.07 Å². The van der Waals surface area contributed by atoms with E-state index in [9.17, 15) is 4.79 Å². The molecule has 0 unspecified atom stereocenters. The van der Waals surface area contributed by atoms with Crippen LogP contribution in [0.1, 0.15) is 5.56 Å². The molecule has 0 aliphatic rings.